The monoisotopic (exact) mass is 460 g/mol. The van der Waals surface area contributed by atoms with E-state index in [2.05, 4.69) is 73.7 Å². The third kappa shape index (κ3) is 7.50. The van der Waals surface area contributed by atoms with Gasteiger partial charge in [0, 0.05) is 31.6 Å². The van der Waals surface area contributed by atoms with E-state index < -0.39 is 0 Å². The van der Waals surface area contributed by atoms with Crippen LogP contribution in [-0.4, -0.2) is 63.3 Å². The van der Waals surface area contributed by atoms with Gasteiger partial charge in [-0.25, -0.2) is 0 Å². The summed E-state index contributed by atoms with van der Waals surface area (Å²) in [7, 11) is 2.14. The summed E-state index contributed by atoms with van der Waals surface area (Å²) in [6.45, 7) is 11.7. The lowest BCUT2D eigenvalue weighted by Gasteiger charge is -2.30. The Bertz CT molecular complexity index is 521. The van der Waals surface area contributed by atoms with E-state index in [1.165, 1.54) is 5.56 Å². The van der Waals surface area contributed by atoms with E-state index in [-0.39, 0.29) is 35.5 Å². The van der Waals surface area contributed by atoms with Gasteiger partial charge in [-0.05, 0) is 19.5 Å². The van der Waals surface area contributed by atoms with Crippen LogP contribution < -0.4 is 10.6 Å². The number of benzene rings is 1. The van der Waals surface area contributed by atoms with E-state index in [9.17, 15) is 0 Å². The van der Waals surface area contributed by atoms with E-state index in [0.717, 1.165) is 45.3 Å². The summed E-state index contributed by atoms with van der Waals surface area (Å²) in [5.41, 5.74) is 1.31. The zero-order valence-corrected chi connectivity index (χ0v) is 18.2. The van der Waals surface area contributed by atoms with E-state index in [0.29, 0.717) is 0 Å². The second-order valence-electron chi connectivity index (χ2n) is 7.08. The largest absolute Gasteiger partial charge is 0.374 e. The predicted molar refractivity (Wildman–Crippen MR) is 116 cm³/mol. The van der Waals surface area contributed by atoms with E-state index in [4.69, 9.17) is 9.73 Å². The van der Waals surface area contributed by atoms with Crippen molar-refractivity contribution in [1.82, 2.24) is 15.5 Å². The molecule has 0 aliphatic carbocycles. The van der Waals surface area contributed by atoms with Crippen molar-refractivity contribution >= 4 is 29.9 Å². The molecule has 5 nitrogen and oxygen atoms in total. The fourth-order valence-corrected chi connectivity index (χ4v) is 2.80. The van der Waals surface area contributed by atoms with Crippen molar-refractivity contribution in [3.63, 3.8) is 0 Å². The van der Waals surface area contributed by atoms with Crippen molar-refractivity contribution in [2.75, 3.05) is 46.4 Å². The third-order valence-electron chi connectivity index (χ3n) is 4.37. The maximum atomic E-state index is 5.80. The normalized spacial score (nSPS) is 19.2. The lowest BCUT2D eigenvalue weighted by Crippen LogP contribution is -2.48. The molecule has 1 unspecified atom stereocenters. The number of rotatable bonds is 6. The first kappa shape index (κ1) is 22.2. The van der Waals surface area contributed by atoms with E-state index in [1.807, 2.05) is 0 Å². The smallest absolute Gasteiger partial charge is 0.191 e. The summed E-state index contributed by atoms with van der Waals surface area (Å²) in [4.78, 5) is 7.09. The fraction of sp³-hybridized carbons (Fsp3) is 0.632. The Balaban J connectivity index is 0.00000312. The maximum absolute atomic E-state index is 5.80. The molecule has 1 aliphatic heterocycles. The van der Waals surface area contributed by atoms with Crippen LogP contribution in [0.3, 0.4) is 0 Å². The number of morpholine rings is 1. The summed E-state index contributed by atoms with van der Waals surface area (Å²) in [5, 5.41) is 6.75. The first-order valence-electron chi connectivity index (χ1n) is 8.89. The zero-order chi connectivity index (χ0) is 17.4. The van der Waals surface area contributed by atoms with Gasteiger partial charge in [-0.3, -0.25) is 4.99 Å². The molecule has 1 aromatic carbocycles. The third-order valence-corrected chi connectivity index (χ3v) is 4.37. The molecule has 0 bridgehead atoms. The minimum Gasteiger partial charge on any atom is -0.374 e. The Morgan fingerprint density at radius 3 is 2.64 bits per heavy atom. The molecule has 1 fully saturated rings. The van der Waals surface area contributed by atoms with Crippen molar-refractivity contribution in [2.24, 2.45) is 4.99 Å². The van der Waals surface area contributed by atoms with Crippen LogP contribution in [-0.2, 0) is 10.2 Å². The Labute approximate surface area is 169 Å². The van der Waals surface area contributed by atoms with Gasteiger partial charge in [-0.1, -0.05) is 44.2 Å². The average molecular weight is 460 g/mol. The van der Waals surface area contributed by atoms with Gasteiger partial charge in [-0.15, -0.1) is 24.0 Å². The Morgan fingerprint density at radius 1 is 1.28 bits per heavy atom. The molecule has 6 heteroatoms. The van der Waals surface area contributed by atoms with Crippen LogP contribution >= 0.6 is 24.0 Å². The number of halogens is 1. The topological polar surface area (TPSA) is 48.9 Å². The molecule has 1 aromatic rings. The number of ether oxygens (including phenoxy) is 1. The van der Waals surface area contributed by atoms with Crippen molar-refractivity contribution in [3.05, 3.63) is 35.9 Å². The lowest BCUT2D eigenvalue weighted by atomic mass is 9.85. The Morgan fingerprint density at radius 2 is 2.00 bits per heavy atom. The lowest BCUT2D eigenvalue weighted by molar-refractivity contribution is -0.0161. The van der Waals surface area contributed by atoms with Gasteiger partial charge in [0.25, 0.3) is 0 Å². The number of hydrogen-bond acceptors (Lipinski definition) is 3. The number of aliphatic imine (C=N–C) groups is 1. The molecule has 1 heterocycles. The molecular formula is C19H33IN4O. The Kier molecular flexibility index (Phi) is 9.74. The molecule has 0 radical (unpaired) electrons. The summed E-state index contributed by atoms with van der Waals surface area (Å²) in [6.07, 6.45) is 0.217. The van der Waals surface area contributed by atoms with Crippen LogP contribution in [0.1, 0.15) is 26.3 Å². The molecule has 142 valence electrons. The molecular weight excluding hydrogens is 427 g/mol. The number of nitrogens with one attached hydrogen (secondary N) is 2. The summed E-state index contributed by atoms with van der Waals surface area (Å²) in [6, 6.07) is 10.6. The molecule has 1 atom stereocenters. The first-order valence-corrected chi connectivity index (χ1v) is 8.89. The predicted octanol–water partition coefficient (Wildman–Crippen LogP) is 2.47. The van der Waals surface area contributed by atoms with Crippen molar-refractivity contribution in [1.29, 1.82) is 0 Å². The quantitative estimate of drug-likeness (QED) is 0.389. The van der Waals surface area contributed by atoms with Crippen LogP contribution in [0.5, 0.6) is 0 Å². The van der Waals surface area contributed by atoms with Crippen LogP contribution in [0.4, 0.5) is 0 Å². The molecule has 0 saturated carbocycles. The van der Waals surface area contributed by atoms with Crippen LogP contribution in [0.15, 0.2) is 35.3 Å². The maximum Gasteiger partial charge on any atom is 0.191 e. The molecule has 0 aromatic heterocycles. The van der Waals surface area contributed by atoms with Gasteiger partial charge in [0.1, 0.15) is 0 Å². The SMILES string of the molecule is CCNC(=NCC(C)(C)c1ccccc1)NCC1CN(C)CCO1.I. The van der Waals surface area contributed by atoms with Crippen LogP contribution in [0, 0.1) is 0 Å². The van der Waals surface area contributed by atoms with Gasteiger partial charge < -0.3 is 20.3 Å². The van der Waals surface area contributed by atoms with Crippen LogP contribution in [0.2, 0.25) is 0 Å². The van der Waals surface area contributed by atoms with Gasteiger partial charge in [0.05, 0.1) is 19.3 Å². The number of guanidine groups is 1. The number of likely N-dealkylation sites (N-methyl/N-ethyl adjacent to an activating group) is 1. The highest BCUT2D eigenvalue weighted by atomic mass is 127. The summed E-state index contributed by atoms with van der Waals surface area (Å²) in [5.74, 6) is 0.860. The van der Waals surface area contributed by atoms with Gasteiger partial charge >= 0.3 is 0 Å². The highest BCUT2D eigenvalue weighted by molar-refractivity contribution is 14.0. The molecule has 0 amide bonds. The molecule has 0 spiro atoms. The van der Waals surface area contributed by atoms with Gasteiger partial charge in [-0.2, -0.15) is 0 Å². The minimum absolute atomic E-state index is 0. The second-order valence-corrected chi connectivity index (χ2v) is 7.08. The van der Waals surface area contributed by atoms with Crippen LogP contribution in [0.25, 0.3) is 0 Å². The van der Waals surface area contributed by atoms with E-state index >= 15 is 0 Å². The van der Waals surface area contributed by atoms with Crippen molar-refractivity contribution in [3.8, 4) is 0 Å². The Hall–Kier alpha value is -0.860. The summed E-state index contributed by atoms with van der Waals surface area (Å²) >= 11 is 0. The van der Waals surface area contributed by atoms with Crippen molar-refractivity contribution in [2.45, 2.75) is 32.3 Å². The molecule has 1 saturated heterocycles. The molecule has 2 rings (SSSR count). The number of hydrogen-bond donors (Lipinski definition) is 2. The molecule has 1 aliphatic rings. The molecule has 25 heavy (non-hydrogen) atoms. The summed E-state index contributed by atoms with van der Waals surface area (Å²) < 4.78 is 5.80. The fourth-order valence-electron chi connectivity index (χ4n) is 2.80. The minimum atomic E-state index is 0. The highest BCUT2D eigenvalue weighted by Gasteiger charge is 2.21. The standard InChI is InChI=1S/C19H32N4O.HI/c1-5-20-18(21-13-17-14-23(4)11-12-24-17)22-15-19(2,3)16-9-7-6-8-10-16;/h6-10,17H,5,11-15H2,1-4H3,(H2,20,21,22);1H. The highest BCUT2D eigenvalue weighted by Crippen LogP contribution is 2.22. The van der Waals surface area contributed by atoms with Gasteiger partial charge in [0.2, 0.25) is 0 Å². The number of nitrogens with zero attached hydrogens (tertiary/aromatic N) is 2. The molecule has 2 N–H and O–H groups in total. The second kappa shape index (κ2) is 11.0. The first-order chi connectivity index (χ1) is 11.5. The average Bonchev–Trinajstić information content (AvgIpc) is 2.58. The van der Waals surface area contributed by atoms with Crippen molar-refractivity contribution < 1.29 is 4.74 Å². The zero-order valence-electron chi connectivity index (χ0n) is 15.9. The van der Waals surface area contributed by atoms with Gasteiger partial charge in [0.15, 0.2) is 5.96 Å². The van der Waals surface area contributed by atoms with E-state index in [1.54, 1.807) is 0 Å².